The Balaban J connectivity index is 1.94. The predicted octanol–water partition coefficient (Wildman–Crippen LogP) is 7.86. The average Bonchev–Trinajstić information content (AvgIpc) is 3.02. The van der Waals surface area contributed by atoms with Crippen molar-refractivity contribution in [3.8, 4) is 0 Å². The molecule has 3 atom stereocenters. The van der Waals surface area contributed by atoms with Crippen LogP contribution in [0.2, 0.25) is 18.1 Å². The number of rotatable bonds is 19. The molecule has 0 spiro atoms. The van der Waals surface area contributed by atoms with E-state index in [2.05, 4.69) is 33.9 Å². The second-order valence-electron chi connectivity index (χ2n) is 12.3. The summed E-state index contributed by atoms with van der Waals surface area (Å²) in [5.74, 6) is 0. The van der Waals surface area contributed by atoms with Gasteiger partial charge in [0.15, 0.2) is 8.32 Å². The van der Waals surface area contributed by atoms with E-state index in [0.29, 0.717) is 6.61 Å². The van der Waals surface area contributed by atoms with E-state index in [4.69, 9.17) is 34.4 Å². The fraction of sp³-hybridized carbons (Fsp3) is 0.429. The number of benzene rings is 3. The zero-order chi connectivity index (χ0) is 32.8. The lowest BCUT2D eigenvalue weighted by Gasteiger charge is -2.36. The molecule has 10 heteroatoms. The molecule has 7 nitrogen and oxygen atoms in total. The molecule has 0 N–H and O–H groups in total. The molecule has 0 radical (unpaired) electrons. The van der Waals surface area contributed by atoms with Gasteiger partial charge in [0.1, 0.15) is 23.5 Å². The Kier molecular flexibility index (Phi) is 14.9. The van der Waals surface area contributed by atoms with Gasteiger partial charge in [-0.25, -0.2) is 0 Å². The summed E-state index contributed by atoms with van der Waals surface area (Å²) >= 11 is 5.79. The molecule has 3 aromatic carbocycles. The first-order chi connectivity index (χ1) is 21.4. The van der Waals surface area contributed by atoms with Crippen LogP contribution in [0.5, 0.6) is 0 Å². The SMILES string of the molecule is CC(C)(C)[Si](C)(C)OCC=C[C@@H](OCc1ccccc1)[C@@H](OCc1ccccc1)[C@H](COCc1ccccc1)OS(=O)(=O)CCl. The van der Waals surface area contributed by atoms with Gasteiger partial charge in [-0.05, 0) is 34.8 Å². The summed E-state index contributed by atoms with van der Waals surface area (Å²) in [4.78, 5) is 0. The Morgan fingerprint density at radius 1 is 0.778 bits per heavy atom. The van der Waals surface area contributed by atoms with Crippen LogP contribution in [0.4, 0.5) is 0 Å². The number of ether oxygens (including phenoxy) is 3. The number of halogens is 1. The minimum absolute atomic E-state index is 0.0519. The zero-order valence-electron chi connectivity index (χ0n) is 26.9. The predicted molar refractivity (Wildman–Crippen MR) is 183 cm³/mol. The molecule has 0 aliphatic carbocycles. The van der Waals surface area contributed by atoms with E-state index in [-0.39, 0.29) is 31.5 Å². The van der Waals surface area contributed by atoms with Crippen molar-refractivity contribution in [2.24, 2.45) is 0 Å². The Morgan fingerprint density at radius 3 is 1.76 bits per heavy atom. The van der Waals surface area contributed by atoms with Gasteiger partial charge < -0.3 is 18.6 Å². The maximum Gasteiger partial charge on any atom is 0.281 e. The number of alkyl halides is 1. The summed E-state index contributed by atoms with van der Waals surface area (Å²) in [6.07, 6.45) is 1.12. The minimum atomic E-state index is -4.10. The van der Waals surface area contributed by atoms with E-state index in [9.17, 15) is 8.42 Å². The molecule has 0 saturated carbocycles. The number of hydrogen-bond donors (Lipinski definition) is 0. The van der Waals surface area contributed by atoms with Crippen LogP contribution in [0.15, 0.2) is 103 Å². The molecular weight excluding hydrogens is 628 g/mol. The average molecular weight is 675 g/mol. The second-order valence-corrected chi connectivity index (χ2v) is 19.3. The van der Waals surface area contributed by atoms with Gasteiger partial charge in [-0.1, -0.05) is 124 Å². The first kappa shape index (κ1) is 37.1. The standard InChI is InChI=1S/C35H47ClO7SSi/c1-35(2,3)45(4,5)42-23-15-22-32(40-25-30-18-11-7-12-19-30)34(41-26-31-20-13-8-14-21-31)33(43-44(37,38)28-36)27-39-24-29-16-9-6-10-17-29/h6-22,32-34H,23-28H2,1-5H3/t32-,33+,34-/m1/s1. The van der Waals surface area contributed by atoms with E-state index < -0.39 is 42.0 Å². The smallest absolute Gasteiger partial charge is 0.281 e. The topological polar surface area (TPSA) is 80.3 Å². The minimum Gasteiger partial charge on any atom is -0.413 e. The molecule has 45 heavy (non-hydrogen) atoms. The Bertz CT molecular complexity index is 1380. The highest BCUT2D eigenvalue weighted by Crippen LogP contribution is 2.36. The molecule has 0 aliphatic heterocycles. The van der Waals surface area contributed by atoms with Crippen molar-refractivity contribution in [2.45, 2.75) is 77.0 Å². The molecule has 3 aromatic rings. The molecule has 0 bridgehead atoms. The van der Waals surface area contributed by atoms with Crippen LogP contribution < -0.4 is 0 Å². The monoisotopic (exact) mass is 674 g/mol. The van der Waals surface area contributed by atoms with Crippen LogP contribution in [-0.4, -0.2) is 53.5 Å². The van der Waals surface area contributed by atoms with E-state index in [1.807, 2.05) is 103 Å². The van der Waals surface area contributed by atoms with Crippen LogP contribution in [0.3, 0.4) is 0 Å². The van der Waals surface area contributed by atoms with Crippen LogP contribution in [0.25, 0.3) is 0 Å². The van der Waals surface area contributed by atoms with Gasteiger partial charge in [-0.15, -0.1) is 11.6 Å². The molecule has 0 aliphatic rings. The fourth-order valence-corrected chi connectivity index (χ4v) is 5.82. The Morgan fingerprint density at radius 2 is 1.27 bits per heavy atom. The van der Waals surface area contributed by atoms with Crippen molar-refractivity contribution in [3.05, 3.63) is 120 Å². The normalized spacial score (nSPS) is 14.8. The van der Waals surface area contributed by atoms with Crippen LogP contribution in [0, 0.1) is 0 Å². The molecule has 0 aromatic heterocycles. The van der Waals surface area contributed by atoms with Crippen LogP contribution >= 0.6 is 11.6 Å². The summed E-state index contributed by atoms with van der Waals surface area (Å²) in [5.41, 5.74) is 2.82. The summed E-state index contributed by atoms with van der Waals surface area (Å²) < 4.78 is 56.5. The summed E-state index contributed by atoms with van der Waals surface area (Å²) in [6.45, 7) is 12.0. The third kappa shape index (κ3) is 13.1. The van der Waals surface area contributed by atoms with E-state index in [0.717, 1.165) is 16.7 Å². The molecular formula is C35H47ClO7SSi. The maximum absolute atomic E-state index is 12.7. The molecule has 246 valence electrons. The summed E-state index contributed by atoms with van der Waals surface area (Å²) in [6, 6.07) is 29.0. The quantitative estimate of drug-likeness (QED) is 0.0554. The summed E-state index contributed by atoms with van der Waals surface area (Å²) in [5, 5.41) is -0.657. The largest absolute Gasteiger partial charge is 0.413 e. The zero-order valence-corrected chi connectivity index (χ0v) is 29.5. The van der Waals surface area contributed by atoms with Gasteiger partial charge >= 0.3 is 0 Å². The van der Waals surface area contributed by atoms with E-state index in [1.165, 1.54) is 0 Å². The highest BCUT2D eigenvalue weighted by Gasteiger charge is 2.37. The third-order valence-corrected chi connectivity index (χ3v) is 13.8. The van der Waals surface area contributed by atoms with Crippen LogP contribution in [-0.2, 0) is 52.8 Å². The van der Waals surface area contributed by atoms with Gasteiger partial charge in [0.05, 0.1) is 33.0 Å². The Hall–Kier alpha value is -2.34. The van der Waals surface area contributed by atoms with Crippen molar-refractivity contribution < 1.29 is 31.2 Å². The third-order valence-electron chi connectivity index (χ3n) is 7.73. The van der Waals surface area contributed by atoms with Crippen molar-refractivity contribution in [2.75, 3.05) is 18.4 Å². The molecule has 0 saturated heterocycles. The maximum atomic E-state index is 12.7. The highest BCUT2D eigenvalue weighted by atomic mass is 35.5. The van der Waals surface area contributed by atoms with E-state index >= 15 is 0 Å². The van der Waals surface area contributed by atoms with Gasteiger partial charge in [0.2, 0.25) is 0 Å². The van der Waals surface area contributed by atoms with Crippen molar-refractivity contribution in [3.63, 3.8) is 0 Å². The summed E-state index contributed by atoms with van der Waals surface area (Å²) in [7, 11) is -6.10. The second kappa shape index (κ2) is 18.1. The first-order valence-corrected chi connectivity index (χ1v) is 20.1. The van der Waals surface area contributed by atoms with Crippen molar-refractivity contribution in [1.29, 1.82) is 0 Å². The van der Waals surface area contributed by atoms with Gasteiger partial charge in [-0.2, -0.15) is 8.42 Å². The van der Waals surface area contributed by atoms with Gasteiger partial charge in [-0.3, -0.25) is 4.18 Å². The lowest BCUT2D eigenvalue weighted by atomic mass is 10.1. The van der Waals surface area contributed by atoms with Crippen molar-refractivity contribution >= 4 is 30.0 Å². The molecule has 0 unspecified atom stereocenters. The lowest BCUT2D eigenvalue weighted by Crippen LogP contribution is -2.45. The Labute approximate surface area is 275 Å². The van der Waals surface area contributed by atoms with Gasteiger partial charge in [0.25, 0.3) is 10.1 Å². The molecule has 0 amide bonds. The molecule has 3 rings (SSSR count). The van der Waals surface area contributed by atoms with E-state index in [1.54, 1.807) is 0 Å². The number of hydrogen-bond acceptors (Lipinski definition) is 7. The molecule has 0 heterocycles. The van der Waals surface area contributed by atoms with Gasteiger partial charge in [0, 0.05) is 0 Å². The van der Waals surface area contributed by atoms with Crippen molar-refractivity contribution in [1.82, 2.24) is 0 Å². The first-order valence-electron chi connectivity index (χ1n) is 15.1. The van der Waals surface area contributed by atoms with Crippen LogP contribution in [0.1, 0.15) is 37.5 Å². The fourth-order valence-electron chi connectivity index (χ4n) is 4.13. The molecule has 0 fully saturated rings. The lowest BCUT2D eigenvalue weighted by molar-refractivity contribution is -0.124. The highest BCUT2D eigenvalue weighted by molar-refractivity contribution is 7.87.